The van der Waals surface area contributed by atoms with Gasteiger partial charge in [0.25, 0.3) is 0 Å². The first-order valence-corrected chi connectivity index (χ1v) is 6.78. The van der Waals surface area contributed by atoms with Gasteiger partial charge in [-0.15, -0.1) is 0 Å². The molecule has 0 saturated carbocycles. The van der Waals surface area contributed by atoms with Crippen molar-refractivity contribution in [2.75, 3.05) is 12.3 Å². The number of aliphatic hydroxyl groups excluding tert-OH is 1. The van der Waals surface area contributed by atoms with Gasteiger partial charge in [-0.3, -0.25) is 0 Å². The van der Waals surface area contributed by atoms with Gasteiger partial charge in [-0.2, -0.15) is 0 Å². The van der Waals surface area contributed by atoms with Crippen LogP contribution in [0.4, 0.5) is 5.82 Å². The van der Waals surface area contributed by atoms with Crippen molar-refractivity contribution in [2.45, 2.75) is 38.1 Å². The molecule has 7 heteroatoms. The van der Waals surface area contributed by atoms with Crippen molar-refractivity contribution >= 4 is 16.9 Å². The standard InChI is InChI=1S/C13H19N5O2/c1-7(19)20-5-8-2-3-10(18-8)9-4-15-12-11(9)16-6-17-13(12)14/h4,6-8,10,15,18-19H,2-3,5H2,1H3,(H2,14,16,17). The molecule has 2 aromatic heterocycles. The quantitative estimate of drug-likeness (QED) is 0.612. The summed E-state index contributed by atoms with van der Waals surface area (Å²) in [7, 11) is 0. The molecule has 2 aromatic rings. The van der Waals surface area contributed by atoms with Crippen LogP contribution < -0.4 is 11.1 Å². The summed E-state index contributed by atoms with van der Waals surface area (Å²) >= 11 is 0. The van der Waals surface area contributed by atoms with Crippen LogP contribution in [0.5, 0.6) is 0 Å². The van der Waals surface area contributed by atoms with E-state index in [0.717, 1.165) is 29.4 Å². The Hall–Kier alpha value is -1.70. The number of hydrogen-bond acceptors (Lipinski definition) is 6. The molecular formula is C13H19N5O2. The monoisotopic (exact) mass is 277 g/mol. The van der Waals surface area contributed by atoms with Crippen LogP contribution in [0, 0.1) is 0 Å². The summed E-state index contributed by atoms with van der Waals surface area (Å²) in [6.07, 6.45) is 4.70. The van der Waals surface area contributed by atoms with Gasteiger partial charge in [0.15, 0.2) is 12.1 Å². The van der Waals surface area contributed by atoms with E-state index in [-0.39, 0.29) is 12.1 Å². The van der Waals surface area contributed by atoms with Crippen LogP contribution in [0.15, 0.2) is 12.5 Å². The number of nitrogen functional groups attached to an aromatic ring is 1. The Morgan fingerprint density at radius 3 is 3.15 bits per heavy atom. The summed E-state index contributed by atoms with van der Waals surface area (Å²) in [5, 5.41) is 12.7. The van der Waals surface area contributed by atoms with Crippen molar-refractivity contribution in [3.05, 3.63) is 18.1 Å². The summed E-state index contributed by atoms with van der Waals surface area (Å²) in [6.45, 7) is 2.12. The lowest BCUT2D eigenvalue weighted by molar-refractivity contribution is -0.0903. The lowest BCUT2D eigenvalue weighted by atomic mass is 10.1. The number of hydrogen-bond donors (Lipinski definition) is 4. The number of anilines is 1. The van der Waals surface area contributed by atoms with Gasteiger partial charge in [-0.25, -0.2) is 9.97 Å². The first-order chi connectivity index (χ1) is 9.65. The minimum absolute atomic E-state index is 0.223. The maximum atomic E-state index is 9.15. The molecule has 108 valence electrons. The predicted octanol–water partition coefficient (Wildman–Crippen LogP) is 0.688. The molecule has 0 spiro atoms. The van der Waals surface area contributed by atoms with Crippen LogP contribution in [0.2, 0.25) is 0 Å². The fraction of sp³-hybridized carbons (Fsp3) is 0.538. The Labute approximate surface area is 116 Å². The van der Waals surface area contributed by atoms with Crippen molar-refractivity contribution in [3.8, 4) is 0 Å². The fourth-order valence-corrected chi connectivity index (χ4v) is 2.70. The molecule has 7 nitrogen and oxygen atoms in total. The lowest BCUT2D eigenvalue weighted by Crippen LogP contribution is -2.30. The van der Waals surface area contributed by atoms with Gasteiger partial charge < -0.3 is 25.9 Å². The Kier molecular flexibility index (Phi) is 3.56. The molecular weight excluding hydrogens is 258 g/mol. The molecule has 0 aromatic carbocycles. The Morgan fingerprint density at radius 2 is 2.35 bits per heavy atom. The molecule has 20 heavy (non-hydrogen) atoms. The number of aromatic nitrogens is 3. The van der Waals surface area contributed by atoms with E-state index in [1.165, 1.54) is 6.33 Å². The second-order valence-electron chi connectivity index (χ2n) is 5.15. The van der Waals surface area contributed by atoms with Crippen LogP contribution in [0.3, 0.4) is 0 Å². The van der Waals surface area contributed by atoms with E-state index in [0.29, 0.717) is 12.4 Å². The molecule has 1 fully saturated rings. The van der Waals surface area contributed by atoms with Crippen LogP contribution in [-0.4, -0.2) is 39.0 Å². The number of fused-ring (bicyclic) bond motifs is 1. The number of aliphatic hydroxyl groups is 1. The molecule has 3 rings (SSSR count). The SMILES string of the molecule is CC(O)OCC1CCC(c2c[nH]c3c(N)ncnc23)N1. The Morgan fingerprint density at radius 1 is 1.50 bits per heavy atom. The second kappa shape index (κ2) is 5.35. The predicted molar refractivity (Wildman–Crippen MR) is 74.8 cm³/mol. The first kappa shape index (κ1) is 13.3. The average molecular weight is 277 g/mol. The van der Waals surface area contributed by atoms with E-state index >= 15 is 0 Å². The average Bonchev–Trinajstić information content (AvgIpc) is 3.02. The van der Waals surface area contributed by atoms with E-state index in [1.54, 1.807) is 6.92 Å². The van der Waals surface area contributed by atoms with Crippen molar-refractivity contribution in [2.24, 2.45) is 0 Å². The molecule has 0 radical (unpaired) electrons. The maximum absolute atomic E-state index is 9.15. The number of ether oxygens (including phenoxy) is 1. The molecule has 0 amide bonds. The van der Waals surface area contributed by atoms with Gasteiger partial charge in [0.05, 0.1) is 12.1 Å². The topological polar surface area (TPSA) is 109 Å². The number of nitrogens with two attached hydrogens (primary N) is 1. The van der Waals surface area contributed by atoms with E-state index in [9.17, 15) is 0 Å². The Balaban J connectivity index is 1.75. The van der Waals surface area contributed by atoms with Crippen molar-refractivity contribution < 1.29 is 9.84 Å². The zero-order valence-corrected chi connectivity index (χ0v) is 11.3. The van der Waals surface area contributed by atoms with E-state index in [1.807, 2.05) is 6.20 Å². The molecule has 3 unspecified atom stereocenters. The first-order valence-electron chi connectivity index (χ1n) is 6.78. The van der Waals surface area contributed by atoms with Gasteiger partial charge in [-0.1, -0.05) is 0 Å². The third-order valence-corrected chi connectivity index (χ3v) is 3.68. The molecule has 1 saturated heterocycles. The second-order valence-corrected chi connectivity index (χ2v) is 5.15. The summed E-state index contributed by atoms with van der Waals surface area (Å²) in [5.74, 6) is 0.466. The summed E-state index contributed by atoms with van der Waals surface area (Å²) in [5.41, 5.74) is 8.58. The minimum Gasteiger partial charge on any atom is -0.382 e. The van der Waals surface area contributed by atoms with Gasteiger partial charge >= 0.3 is 0 Å². The van der Waals surface area contributed by atoms with Crippen molar-refractivity contribution in [1.29, 1.82) is 0 Å². The molecule has 0 aliphatic carbocycles. The van der Waals surface area contributed by atoms with Gasteiger partial charge in [0, 0.05) is 23.8 Å². The molecule has 1 aliphatic heterocycles. The summed E-state index contributed by atoms with van der Waals surface area (Å²) in [6, 6.07) is 0.472. The molecule has 5 N–H and O–H groups in total. The van der Waals surface area contributed by atoms with Crippen LogP contribution in [0.1, 0.15) is 31.4 Å². The number of rotatable bonds is 4. The van der Waals surface area contributed by atoms with E-state index < -0.39 is 6.29 Å². The highest BCUT2D eigenvalue weighted by Crippen LogP contribution is 2.31. The highest BCUT2D eigenvalue weighted by atomic mass is 16.6. The molecule has 0 bridgehead atoms. The molecule has 3 heterocycles. The van der Waals surface area contributed by atoms with Gasteiger partial charge in [0.2, 0.25) is 0 Å². The third-order valence-electron chi connectivity index (χ3n) is 3.68. The third kappa shape index (κ3) is 2.47. The smallest absolute Gasteiger partial charge is 0.151 e. The van der Waals surface area contributed by atoms with Crippen molar-refractivity contribution in [3.63, 3.8) is 0 Å². The molecule has 3 atom stereocenters. The normalized spacial score (nSPS) is 24.3. The molecule has 1 aliphatic rings. The fourth-order valence-electron chi connectivity index (χ4n) is 2.70. The largest absolute Gasteiger partial charge is 0.382 e. The summed E-state index contributed by atoms with van der Waals surface area (Å²) < 4.78 is 5.24. The Bertz CT molecular complexity index is 597. The zero-order chi connectivity index (χ0) is 14.1. The van der Waals surface area contributed by atoms with Crippen LogP contribution in [-0.2, 0) is 4.74 Å². The number of nitrogens with one attached hydrogen (secondary N) is 2. The van der Waals surface area contributed by atoms with Gasteiger partial charge in [0.1, 0.15) is 11.8 Å². The summed E-state index contributed by atoms with van der Waals surface area (Å²) in [4.78, 5) is 11.4. The number of nitrogens with zero attached hydrogens (tertiary/aromatic N) is 2. The van der Waals surface area contributed by atoms with Crippen molar-refractivity contribution in [1.82, 2.24) is 20.3 Å². The lowest BCUT2D eigenvalue weighted by Gasteiger charge is -2.15. The van der Waals surface area contributed by atoms with Crippen LogP contribution >= 0.6 is 0 Å². The number of H-pyrrole nitrogens is 1. The number of aromatic amines is 1. The van der Waals surface area contributed by atoms with E-state index in [2.05, 4.69) is 20.3 Å². The maximum Gasteiger partial charge on any atom is 0.151 e. The van der Waals surface area contributed by atoms with Crippen LogP contribution in [0.25, 0.3) is 11.0 Å². The highest BCUT2D eigenvalue weighted by molar-refractivity contribution is 5.87. The highest BCUT2D eigenvalue weighted by Gasteiger charge is 2.27. The minimum atomic E-state index is -0.725. The van der Waals surface area contributed by atoms with E-state index in [4.69, 9.17) is 15.6 Å². The zero-order valence-electron chi connectivity index (χ0n) is 11.3. The van der Waals surface area contributed by atoms with Gasteiger partial charge in [-0.05, 0) is 19.8 Å².